The quantitative estimate of drug-likeness (QED) is 0.232. The Morgan fingerprint density at radius 1 is 0.821 bits per heavy atom. The second kappa shape index (κ2) is 11.8. The third kappa shape index (κ3) is 5.49. The van der Waals surface area contributed by atoms with Gasteiger partial charge in [0, 0.05) is 18.4 Å². The van der Waals surface area contributed by atoms with E-state index in [-0.39, 0.29) is 24.0 Å². The average Bonchev–Trinajstić information content (AvgIpc) is 2.98. The van der Waals surface area contributed by atoms with Crippen LogP contribution in [0.15, 0.2) is 106 Å². The number of aliphatic hydroxyl groups is 1. The summed E-state index contributed by atoms with van der Waals surface area (Å²) in [5.41, 5.74) is 3.94. The Hall–Kier alpha value is -4.62. The van der Waals surface area contributed by atoms with Crippen LogP contribution in [-0.4, -0.2) is 44.2 Å². The Labute approximate surface area is 227 Å². The summed E-state index contributed by atoms with van der Waals surface area (Å²) >= 11 is 0. The zero-order chi connectivity index (χ0) is 27.2. The van der Waals surface area contributed by atoms with E-state index in [0.717, 1.165) is 6.42 Å². The highest BCUT2D eigenvalue weighted by Gasteiger charge is 2.34. The van der Waals surface area contributed by atoms with E-state index >= 15 is 0 Å². The molecule has 0 aliphatic carbocycles. The van der Waals surface area contributed by atoms with Gasteiger partial charge in [0.15, 0.2) is 5.84 Å². The lowest BCUT2D eigenvalue weighted by Crippen LogP contribution is -2.27. The molecule has 196 valence electrons. The first-order chi connectivity index (χ1) is 19.1. The van der Waals surface area contributed by atoms with Crippen LogP contribution in [0.5, 0.6) is 11.5 Å². The molecule has 3 aromatic carbocycles. The van der Waals surface area contributed by atoms with Gasteiger partial charge in [0.05, 0.1) is 28.2 Å². The number of para-hydroxylation sites is 2. The van der Waals surface area contributed by atoms with Crippen LogP contribution in [0.25, 0.3) is 0 Å². The van der Waals surface area contributed by atoms with Crippen LogP contribution in [0.2, 0.25) is 0 Å². The normalized spacial score (nSPS) is 15.7. The molecule has 1 aliphatic heterocycles. The molecule has 7 nitrogen and oxygen atoms in total. The van der Waals surface area contributed by atoms with Gasteiger partial charge >= 0.3 is 0 Å². The molecule has 0 radical (unpaired) electrons. The molecule has 7 heteroatoms. The molecule has 3 N–H and O–H groups in total. The van der Waals surface area contributed by atoms with E-state index in [0.29, 0.717) is 63.9 Å². The Morgan fingerprint density at radius 3 is 2.10 bits per heavy atom. The van der Waals surface area contributed by atoms with Gasteiger partial charge in [0.2, 0.25) is 0 Å². The number of nitrogens with zero attached hydrogens (tertiary/aromatic N) is 4. The van der Waals surface area contributed by atoms with E-state index in [2.05, 4.69) is 4.98 Å². The fourth-order valence-corrected chi connectivity index (χ4v) is 4.83. The molecule has 0 fully saturated rings. The molecular formula is C32H30N4O3. The number of hydrogen-bond donors (Lipinski definition) is 3. The molecule has 2 heterocycles. The lowest BCUT2D eigenvalue weighted by molar-refractivity contribution is 0.278. The average molecular weight is 519 g/mol. The standard InChI is InChI=1S/C32H30N4O3/c1-2-21(12-11-19-37)24-20-26(38)27-28(31(24)39)30(34-22-13-5-3-6-14-22)32(35-23-15-7-4-8-16-23)36-29(27)25-17-9-10-18-33-25/h3-10,13-18,20-21,37-39H,2,11-12,19H2,1H3. The molecular weight excluding hydrogens is 488 g/mol. The topological polar surface area (TPSA) is 111 Å². The highest BCUT2D eigenvalue weighted by molar-refractivity contribution is 6.55. The number of rotatable bonds is 8. The van der Waals surface area contributed by atoms with Gasteiger partial charge in [-0.25, -0.2) is 15.0 Å². The number of aliphatic imine (C=N–C) groups is 3. The van der Waals surface area contributed by atoms with Gasteiger partial charge in [0.25, 0.3) is 0 Å². The summed E-state index contributed by atoms with van der Waals surface area (Å²) < 4.78 is 0. The number of aromatic hydroxyl groups is 2. The molecule has 0 amide bonds. The van der Waals surface area contributed by atoms with E-state index in [4.69, 9.17) is 15.0 Å². The summed E-state index contributed by atoms with van der Waals surface area (Å²) in [6, 6.07) is 25.9. The molecule has 1 unspecified atom stereocenters. The van der Waals surface area contributed by atoms with Crippen molar-refractivity contribution in [3.63, 3.8) is 0 Å². The van der Waals surface area contributed by atoms with E-state index in [1.165, 1.54) is 0 Å². The van der Waals surface area contributed by atoms with Crippen molar-refractivity contribution in [2.75, 3.05) is 6.61 Å². The van der Waals surface area contributed by atoms with Crippen LogP contribution < -0.4 is 0 Å². The zero-order valence-corrected chi connectivity index (χ0v) is 21.7. The molecule has 1 aliphatic rings. The SMILES string of the molecule is CCC(CCCO)c1cc(O)c2c(c1O)C(=Nc1ccccc1)C(=Nc1ccccc1)N=C2c1ccccn1. The smallest absolute Gasteiger partial charge is 0.180 e. The number of phenolic OH excluding ortho intramolecular Hbond substituents is 2. The second-order valence-electron chi connectivity index (χ2n) is 9.30. The Balaban J connectivity index is 1.84. The monoisotopic (exact) mass is 518 g/mol. The summed E-state index contributed by atoms with van der Waals surface area (Å²) in [7, 11) is 0. The largest absolute Gasteiger partial charge is 0.507 e. The van der Waals surface area contributed by atoms with E-state index in [9.17, 15) is 15.3 Å². The third-order valence-corrected chi connectivity index (χ3v) is 6.75. The molecule has 0 spiro atoms. The van der Waals surface area contributed by atoms with Crippen molar-refractivity contribution in [3.8, 4) is 11.5 Å². The zero-order valence-electron chi connectivity index (χ0n) is 21.7. The Bertz CT molecular complexity index is 1530. The minimum atomic E-state index is -0.0713. The minimum absolute atomic E-state index is 0.0198. The lowest BCUT2D eigenvalue weighted by Gasteiger charge is -2.25. The van der Waals surface area contributed by atoms with Gasteiger partial charge in [-0.15, -0.1) is 0 Å². The predicted octanol–water partition coefficient (Wildman–Crippen LogP) is 6.46. The van der Waals surface area contributed by atoms with Gasteiger partial charge in [0.1, 0.15) is 22.9 Å². The molecule has 4 aromatic rings. The number of fused-ring (bicyclic) bond motifs is 1. The van der Waals surface area contributed by atoms with Gasteiger partial charge < -0.3 is 15.3 Å². The molecule has 1 atom stereocenters. The maximum Gasteiger partial charge on any atom is 0.180 e. The maximum absolute atomic E-state index is 11.9. The molecule has 1 aromatic heterocycles. The number of hydrogen-bond acceptors (Lipinski definition) is 6. The van der Waals surface area contributed by atoms with Crippen LogP contribution in [0, 0.1) is 0 Å². The Morgan fingerprint density at radius 2 is 1.49 bits per heavy atom. The van der Waals surface area contributed by atoms with Crippen molar-refractivity contribution in [1.29, 1.82) is 0 Å². The third-order valence-electron chi connectivity index (χ3n) is 6.75. The number of aromatic nitrogens is 1. The van der Waals surface area contributed by atoms with Crippen LogP contribution in [0.4, 0.5) is 11.4 Å². The summed E-state index contributed by atoms with van der Waals surface area (Å²) in [4.78, 5) is 19.1. The summed E-state index contributed by atoms with van der Waals surface area (Å²) in [6.45, 7) is 2.08. The first-order valence-corrected chi connectivity index (χ1v) is 13.1. The van der Waals surface area contributed by atoms with E-state index in [1.54, 1.807) is 12.3 Å². The molecule has 0 saturated heterocycles. The molecule has 0 saturated carbocycles. The van der Waals surface area contributed by atoms with Gasteiger partial charge in [-0.3, -0.25) is 4.98 Å². The van der Waals surface area contributed by atoms with Crippen molar-refractivity contribution in [2.45, 2.75) is 32.1 Å². The van der Waals surface area contributed by atoms with Crippen molar-refractivity contribution >= 4 is 28.6 Å². The summed E-state index contributed by atoms with van der Waals surface area (Å²) in [5, 5.41) is 32.8. The van der Waals surface area contributed by atoms with Crippen molar-refractivity contribution in [2.24, 2.45) is 15.0 Å². The first kappa shape index (κ1) is 26.0. The van der Waals surface area contributed by atoms with Gasteiger partial charge in [-0.05, 0) is 67.6 Å². The highest BCUT2D eigenvalue weighted by atomic mass is 16.3. The fraction of sp³-hybridized carbons (Fsp3) is 0.188. The van der Waals surface area contributed by atoms with E-state index < -0.39 is 0 Å². The van der Waals surface area contributed by atoms with Crippen LogP contribution >= 0.6 is 0 Å². The maximum atomic E-state index is 11.9. The number of phenols is 2. The van der Waals surface area contributed by atoms with Crippen molar-refractivity contribution in [3.05, 3.63) is 114 Å². The highest BCUT2D eigenvalue weighted by Crippen LogP contribution is 2.43. The first-order valence-electron chi connectivity index (χ1n) is 13.1. The summed E-state index contributed by atoms with van der Waals surface area (Å²) in [5.74, 6) is 0.224. The number of aliphatic hydroxyl groups excluding tert-OH is 1. The van der Waals surface area contributed by atoms with Crippen molar-refractivity contribution in [1.82, 2.24) is 4.98 Å². The number of benzene rings is 3. The Kier molecular flexibility index (Phi) is 7.89. The van der Waals surface area contributed by atoms with Gasteiger partial charge in [-0.2, -0.15) is 0 Å². The summed E-state index contributed by atoms with van der Waals surface area (Å²) in [6.07, 6.45) is 3.63. The van der Waals surface area contributed by atoms with Gasteiger partial charge in [-0.1, -0.05) is 49.4 Å². The molecule has 5 rings (SSSR count). The minimum Gasteiger partial charge on any atom is -0.507 e. The van der Waals surface area contributed by atoms with Crippen LogP contribution in [-0.2, 0) is 0 Å². The molecule has 0 bridgehead atoms. The number of amidine groups is 1. The van der Waals surface area contributed by atoms with Crippen molar-refractivity contribution < 1.29 is 15.3 Å². The second-order valence-corrected chi connectivity index (χ2v) is 9.30. The lowest BCUT2D eigenvalue weighted by atomic mass is 9.84. The predicted molar refractivity (Wildman–Crippen MR) is 155 cm³/mol. The molecule has 39 heavy (non-hydrogen) atoms. The van der Waals surface area contributed by atoms with E-state index in [1.807, 2.05) is 85.8 Å². The number of pyridine rings is 1. The fourth-order valence-electron chi connectivity index (χ4n) is 4.83. The van der Waals surface area contributed by atoms with Crippen LogP contribution in [0.3, 0.4) is 0 Å². The van der Waals surface area contributed by atoms with Crippen LogP contribution in [0.1, 0.15) is 54.5 Å².